The van der Waals surface area contributed by atoms with Crippen LogP contribution in [0.15, 0.2) is 180 Å². The molecule has 3 heterocycles. The van der Waals surface area contributed by atoms with E-state index < -0.39 is 0 Å². The molecule has 1 radical (unpaired) electrons. The standard InChI is InChI=1S/C42H35N2O.C25H25N2.Ir/c1-25(2)34-22-31(28-12-7-6-8-13-28)23-35(26(3)4)40(34)44-38-17-10-9-16-37(38)43-42(44)33-15-11-14-32-36-21-29-19-18-27(5)20-30(29)24-39(36)45-41(32)33;1-17(2)20-13-10-14-21(18(3)4)24(20)27-23-16-9-8-15-22(23)26-25(27)19-11-6-5-7-12-19;/h6-14,16-26H,1-5H3;5-11,13-18H,1-4H3;/q2*-1;. The Morgan fingerprint density at radius 1 is 0.452 bits per heavy atom. The van der Waals surface area contributed by atoms with E-state index in [1.165, 1.54) is 61.1 Å². The molecule has 12 rings (SSSR count). The molecule has 12 aromatic rings. The van der Waals surface area contributed by atoms with Gasteiger partial charge < -0.3 is 13.6 Å². The summed E-state index contributed by atoms with van der Waals surface area (Å²) in [7, 11) is 0. The fourth-order valence-electron chi connectivity index (χ4n) is 10.5. The number of fused-ring (bicyclic) bond motifs is 6. The molecule has 0 saturated heterocycles. The predicted octanol–water partition coefficient (Wildman–Crippen LogP) is 18.5. The van der Waals surface area contributed by atoms with Crippen molar-refractivity contribution >= 4 is 54.8 Å². The zero-order valence-corrected chi connectivity index (χ0v) is 45.5. The van der Waals surface area contributed by atoms with Crippen LogP contribution < -0.4 is 0 Å². The van der Waals surface area contributed by atoms with Gasteiger partial charge in [0.15, 0.2) is 0 Å². The van der Waals surface area contributed by atoms with Gasteiger partial charge in [-0.3, -0.25) is 9.97 Å². The molecule has 0 spiro atoms. The number of nitrogens with zero attached hydrogens (tertiary/aromatic N) is 4. The van der Waals surface area contributed by atoms with Gasteiger partial charge in [-0.1, -0.05) is 163 Å². The maximum absolute atomic E-state index is 6.72. The fraction of sp³-hybridized carbons (Fsp3) is 0.194. The molecule has 0 fully saturated rings. The Bertz CT molecular complexity index is 3890. The molecule has 0 aliphatic heterocycles. The normalized spacial score (nSPS) is 11.7. The summed E-state index contributed by atoms with van der Waals surface area (Å²) in [5.74, 6) is 3.22. The van der Waals surface area contributed by atoms with Crippen molar-refractivity contribution in [2.24, 2.45) is 0 Å². The van der Waals surface area contributed by atoms with Crippen LogP contribution in [0.3, 0.4) is 0 Å². The first-order valence-electron chi connectivity index (χ1n) is 25.5. The SMILES string of the molecule is CC(C)c1cccc(C(C)C)c1-n1c(-c2[c-]cccc2)nc2ccccc21.Cc1ccc2cc3c(cc2c1)oc1c(-c2nc4ccccc4n2-c2c(C(C)C)cc(-c4ccccc4)cc2C(C)C)[c-]ccc13.[Ir]. The zero-order valence-electron chi connectivity index (χ0n) is 43.1. The van der Waals surface area contributed by atoms with Gasteiger partial charge in [0.05, 0.1) is 39.3 Å². The van der Waals surface area contributed by atoms with Gasteiger partial charge in [0.1, 0.15) is 5.58 Å². The van der Waals surface area contributed by atoms with Gasteiger partial charge in [-0.25, -0.2) is 0 Å². The first-order valence-corrected chi connectivity index (χ1v) is 25.5. The van der Waals surface area contributed by atoms with E-state index in [-0.39, 0.29) is 31.9 Å². The molecular weight excluding hydrogens is 1070 g/mol. The van der Waals surface area contributed by atoms with Crippen LogP contribution in [-0.2, 0) is 20.1 Å². The van der Waals surface area contributed by atoms with Gasteiger partial charge in [-0.2, -0.15) is 0 Å². The molecule has 73 heavy (non-hydrogen) atoms. The van der Waals surface area contributed by atoms with Gasteiger partial charge in [0.2, 0.25) is 0 Å². The van der Waals surface area contributed by atoms with Crippen molar-refractivity contribution in [3.63, 3.8) is 0 Å². The van der Waals surface area contributed by atoms with Crippen molar-refractivity contribution in [2.75, 3.05) is 0 Å². The zero-order chi connectivity index (χ0) is 49.8. The number of aryl methyl sites for hydroxylation is 1. The summed E-state index contributed by atoms with van der Waals surface area (Å²) in [6.45, 7) is 20.3. The Balaban J connectivity index is 0.000000187. The number of aromatic nitrogens is 4. The van der Waals surface area contributed by atoms with Crippen molar-refractivity contribution in [3.8, 4) is 45.3 Å². The van der Waals surface area contributed by atoms with Crippen LogP contribution in [0.25, 0.3) is 100 Å². The first kappa shape index (κ1) is 49.2. The molecule has 5 nitrogen and oxygen atoms in total. The minimum atomic E-state index is 0. The third-order valence-electron chi connectivity index (χ3n) is 14.2. The van der Waals surface area contributed by atoms with Gasteiger partial charge in [0, 0.05) is 36.9 Å². The monoisotopic (exact) mass is 1130 g/mol. The Hall–Kier alpha value is -7.37. The van der Waals surface area contributed by atoms with Crippen molar-refractivity contribution < 1.29 is 24.5 Å². The number of furan rings is 1. The minimum Gasteiger partial charge on any atom is -0.501 e. The molecule has 365 valence electrons. The van der Waals surface area contributed by atoms with Gasteiger partial charge in [-0.05, 0) is 123 Å². The second kappa shape index (κ2) is 20.3. The van der Waals surface area contributed by atoms with E-state index in [1.807, 2.05) is 24.3 Å². The molecule has 0 bridgehead atoms. The molecule has 0 saturated carbocycles. The largest absolute Gasteiger partial charge is 0.501 e. The summed E-state index contributed by atoms with van der Waals surface area (Å²) in [4.78, 5) is 10.3. The number of para-hydroxylation sites is 5. The maximum atomic E-state index is 6.72. The molecule has 0 N–H and O–H groups in total. The Morgan fingerprint density at radius 3 is 1.64 bits per heavy atom. The number of benzene rings is 9. The van der Waals surface area contributed by atoms with Crippen LogP contribution in [0.5, 0.6) is 0 Å². The summed E-state index contributed by atoms with van der Waals surface area (Å²) in [5.41, 5.74) is 19.2. The number of rotatable bonds is 9. The molecule has 0 aliphatic carbocycles. The van der Waals surface area contributed by atoms with Crippen LogP contribution in [0.4, 0.5) is 0 Å². The maximum Gasteiger partial charge on any atom is 0.121 e. The third kappa shape index (κ3) is 9.02. The van der Waals surface area contributed by atoms with Gasteiger partial charge in [-0.15, -0.1) is 54.1 Å². The summed E-state index contributed by atoms with van der Waals surface area (Å²) < 4.78 is 11.4. The van der Waals surface area contributed by atoms with Crippen LogP contribution in [0, 0.1) is 19.1 Å². The Labute approximate surface area is 442 Å². The summed E-state index contributed by atoms with van der Waals surface area (Å²) in [5, 5.41) is 4.57. The van der Waals surface area contributed by atoms with Crippen molar-refractivity contribution in [1.82, 2.24) is 19.1 Å². The number of imidazole rings is 2. The smallest absolute Gasteiger partial charge is 0.121 e. The number of hydrogen-bond donors (Lipinski definition) is 0. The molecule has 0 aliphatic rings. The van der Waals surface area contributed by atoms with Crippen LogP contribution >= 0.6 is 0 Å². The fourth-order valence-corrected chi connectivity index (χ4v) is 10.5. The molecule has 3 aromatic heterocycles. The summed E-state index contributed by atoms with van der Waals surface area (Å²) >= 11 is 0. The van der Waals surface area contributed by atoms with Crippen LogP contribution in [0.2, 0.25) is 0 Å². The predicted molar refractivity (Wildman–Crippen MR) is 302 cm³/mol. The van der Waals surface area contributed by atoms with Crippen LogP contribution in [0.1, 0.15) is 107 Å². The van der Waals surface area contributed by atoms with E-state index in [0.717, 1.165) is 66.8 Å². The third-order valence-corrected chi connectivity index (χ3v) is 14.2. The second-order valence-corrected chi connectivity index (χ2v) is 20.5. The van der Waals surface area contributed by atoms with Crippen LogP contribution in [-0.4, -0.2) is 19.1 Å². The minimum absolute atomic E-state index is 0. The molecular formula is C67H60IrN4O-2. The van der Waals surface area contributed by atoms with Crippen molar-refractivity contribution in [1.29, 1.82) is 0 Å². The van der Waals surface area contributed by atoms with E-state index in [2.05, 4.69) is 235 Å². The molecule has 0 unspecified atom stereocenters. The quantitative estimate of drug-likeness (QED) is 0.135. The Morgan fingerprint density at radius 2 is 1.03 bits per heavy atom. The average molecular weight is 1130 g/mol. The van der Waals surface area contributed by atoms with Crippen molar-refractivity contribution in [2.45, 2.75) is 86.0 Å². The van der Waals surface area contributed by atoms with E-state index in [1.54, 1.807) is 0 Å². The van der Waals surface area contributed by atoms with Gasteiger partial charge in [0.25, 0.3) is 0 Å². The summed E-state index contributed by atoms with van der Waals surface area (Å²) in [6, 6.07) is 69.1. The van der Waals surface area contributed by atoms with E-state index in [9.17, 15) is 0 Å². The van der Waals surface area contributed by atoms with E-state index in [0.29, 0.717) is 11.8 Å². The Kier molecular flexibility index (Phi) is 13.7. The molecule has 0 atom stereocenters. The molecule has 6 heteroatoms. The average Bonchev–Trinajstić information content (AvgIpc) is 4.09. The number of hydrogen-bond acceptors (Lipinski definition) is 3. The van der Waals surface area contributed by atoms with E-state index in [4.69, 9.17) is 14.4 Å². The molecule has 9 aromatic carbocycles. The van der Waals surface area contributed by atoms with E-state index >= 15 is 0 Å². The van der Waals surface area contributed by atoms with Crippen molar-refractivity contribution in [3.05, 3.63) is 216 Å². The first-order chi connectivity index (χ1) is 34.9. The topological polar surface area (TPSA) is 48.8 Å². The second-order valence-electron chi connectivity index (χ2n) is 20.5. The van der Waals surface area contributed by atoms with Gasteiger partial charge >= 0.3 is 0 Å². The molecule has 0 amide bonds. The summed E-state index contributed by atoms with van der Waals surface area (Å²) in [6.07, 6.45) is 0.